The number of aromatic nitrogens is 2. The van der Waals surface area contributed by atoms with Gasteiger partial charge in [0.1, 0.15) is 5.69 Å². The maximum Gasteiger partial charge on any atom is 0.356 e. The first kappa shape index (κ1) is 15.0. The van der Waals surface area contributed by atoms with Crippen LogP contribution in [0.4, 0.5) is 0 Å². The fourth-order valence-corrected chi connectivity index (χ4v) is 2.35. The smallest absolute Gasteiger partial charge is 0.356 e. The van der Waals surface area contributed by atoms with Gasteiger partial charge < -0.3 is 9.84 Å². The van der Waals surface area contributed by atoms with E-state index in [0.717, 1.165) is 0 Å². The lowest BCUT2D eigenvalue weighted by Gasteiger charge is -2.04. The number of carbonyl (C=O) groups is 2. The summed E-state index contributed by atoms with van der Waals surface area (Å²) in [4.78, 5) is 30.5. The summed E-state index contributed by atoms with van der Waals surface area (Å²) in [5, 5.41) is 9.50. The molecule has 2 heterocycles. The third-order valence-electron chi connectivity index (χ3n) is 2.55. The number of ether oxygens (including phenoxy) is 1. The molecule has 0 bridgehead atoms. The van der Waals surface area contributed by atoms with Gasteiger partial charge in [-0.05, 0) is 24.3 Å². The zero-order valence-corrected chi connectivity index (χ0v) is 12.0. The molecule has 0 aliphatic rings. The van der Waals surface area contributed by atoms with E-state index in [9.17, 15) is 9.59 Å². The molecule has 0 aliphatic carbocycles. The Morgan fingerprint density at radius 2 is 2.14 bits per heavy atom. The van der Waals surface area contributed by atoms with Crippen molar-refractivity contribution < 1.29 is 19.4 Å². The van der Waals surface area contributed by atoms with Crippen LogP contribution in [0.25, 0.3) is 0 Å². The number of esters is 1. The second-order valence-electron chi connectivity index (χ2n) is 3.98. The Morgan fingerprint density at radius 3 is 2.86 bits per heavy atom. The van der Waals surface area contributed by atoms with E-state index in [2.05, 4.69) is 14.7 Å². The summed E-state index contributed by atoms with van der Waals surface area (Å²) in [6.45, 7) is 0. The number of rotatable bonds is 5. The molecule has 0 saturated carbocycles. The average molecular weight is 304 g/mol. The van der Waals surface area contributed by atoms with Crippen LogP contribution in [0.15, 0.2) is 41.6 Å². The van der Waals surface area contributed by atoms with E-state index in [0.29, 0.717) is 16.5 Å². The van der Waals surface area contributed by atoms with E-state index < -0.39 is 11.9 Å². The topological polar surface area (TPSA) is 89.4 Å². The van der Waals surface area contributed by atoms with Crippen LogP contribution in [-0.4, -0.2) is 34.1 Å². The third-order valence-corrected chi connectivity index (χ3v) is 3.51. The fourth-order valence-electron chi connectivity index (χ4n) is 1.55. The van der Waals surface area contributed by atoms with Crippen molar-refractivity contribution in [1.29, 1.82) is 0 Å². The second-order valence-corrected chi connectivity index (χ2v) is 4.98. The van der Waals surface area contributed by atoms with Crippen LogP contribution in [0.3, 0.4) is 0 Å². The summed E-state index contributed by atoms with van der Waals surface area (Å²) in [5.41, 5.74) is 1.11. The van der Waals surface area contributed by atoms with E-state index in [4.69, 9.17) is 5.11 Å². The number of hydrogen-bond donors (Lipinski definition) is 1. The molecule has 0 fully saturated rings. The van der Waals surface area contributed by atoms with Gasteiger partial charge >= 0.3 is 11.9 Å². The number of hydrogen-bond acceptors (Lipinski definition) is 6. The predicted octanol–water partition coefficient (Wildman–Crippen LogP) is 2.25. The van der Waals surface area contributed by atoms with Crippen LogP contribution in [0, 0.1) is 0 Å². The molecule has 0 spiro atoms. The molecule has 0 amide bonds. The molecular weight excluding hydrogens is 292 g/mol. The number of carboxylic acids is 1. The number of methoxy groups -OCH3 is 1. The molecule has 1 N–H and O–H groups in total. The van der Waals surface area contributed by atoms with Gasteiger partial charge in [0.2, 0.25) is 0 Å². The lowest BCUT2D eigenvalue weighted by Crippen LogP contribution is -2.05. The summed E-state index contributed by atoms with van der Waals surface area (Å²) < 4.78 is 4.61. The predicted molar refractivity (Wildman–Crippen MR) is 76.3 cm³/mol. The molecule has 0 aromatic carbocycles. The Bertz CT molecular complexity index is 676. The zero-order valence-electron chi connectivity index (χ0n) is 11.1. The number of carbonyl (C=O) groups excluding carboxylic acids is 1. The lowest BCUT2D eigenvalue weighted by atomic mass is 10.3. The first-order chi connectivity index (χ1) is 10.1. The number of nitrogens with zero attached hydrogens (tertiary/aromatic N) is 2. The minimum Gasteiger partial charge on any atom is -0.478 e. The normalized spacial score (nSPS) is 10.1. The minimum absolute atomic E-state index is 0.184. The van der Waals surface area contributed by atoms with E-state index in [1.807, 2.05) is 0 Å². The monoisotopic (exact) mass is 304 g/mol. The van der Waals surface area contributed by atoms with Crippen molar-refractivity contribution in [2.75, 3.05) is 7.11 Å². The van der Waals surface area contributed by atoms with Gasteiger partial charge in [0, 0.05) is 11.9 Å². The van der Waals surface area contributed by atoms with Gasteiger partial charge in [-0.25, -0.2) is 19.6 Å². The highest BCUT2D eigenvalue weighted by Gasteiger charge is 2.09. The standard InChI is InChI=1S/C14H12N2O4S/c1-20-14(19)11-4-2-3-10(16-11)8-21-12-7-9(13(17)18)5-6-15-12/h2-7H,8H2,1H3,(H,17,18). The van der Waals surface area contributed by atoms with Gasteiger partial charge in [-0.3, -0.25) is 0 Å². The quantitative estimate of drug-likeness (QED) is 0.669. The van der Waals surface area contributed by atoms with E-state index in [-0.39, 0.29) is 11.3 Å². The first-order valence-corrected chi connectivity index (χ1v) is 6.95. The molecule has 2 rings (SSSR count). The molecule has 0 unspecified atom stereocenters. The molecule has 0 saturated heterocycles. The van der Waals surface area contributed by atoms with Crippen LogP contribution < -0.4 is 0 Å². The van der Waals surface area contributed by atoms with Gasteiger partial charge in [-0.1, -0.05) is 6.07 Å². The summed E-state index contributed by atoms with van der Waals surface area (Å²) >= 11 is 1.34. The molecule has 6 nitrogen and oxygen atoms in total. The number of thioether (sulfide) groups is 1. The van der Waals surface area contributed by atoms with E-state index >= 15 is 0 Å². The molecular formula is C14H12N2O4S. The Labute approximate surface area is 125 Å². The van der Waals surface area contributed by atoms with Gasteiger partial charge in [-0.2, -0.15) is 0 Å². The summed E-state index contributed by atoms with van der Waals surface area (Å²) in [6.07, 6.45) is 1.45. The lowest BCUT2D eigenvalue weighted by molar-refractivity contribution is 0.0593. The Morgan fingerprint density at radius 1 is 1.33 bits per heavy atom. The van der Waals surface area contributed by atoms with Gasteiger partial charge in [-0.15, -0.1) is 11.8 Å². The van der Waals surface area contributed by atoms with Crippen molar-refractivity contribution in [3.63, 3.8) is 0 Å². The third kappa shape index (κ3) is 4.03. The van der Waals surface area contributed by atoms with Crippen molar-refractivity contribution in [1.82, 2.24) is 9.97 Å². The number of pyridine rings is 2. The molecule has 2 aromatic heterocycles. The second kappa shape index (κ2) is 6.85. The van der Waals surface area contributed by atoms with Gasteiger partial charge in [0.15, 0.2) is 0 Å². The molecule has 0 atom stereocenters. The number of carboxylic acid groups (broad SMARTS) is 1. The highest BCUT2D eigenvalue weighted by Crippen LogP contribution is 2.20. The fraction of sp³-hybridized carbons (Fsp3) is 0.143. The summed E-state index contributed by atoms with van der Waals surface area (Å²) in [6, 6.07) is 8.00. The highest BCUT2D eigenvalue weighted by atomic mass is 32.2. The van der Waals surface area contributed by atoms with Crippen molar-refractivity contribution in [3.8, 4) is 0 Å². The van der Waals surface area contributed by atoms with Crippen LogP contribution in [0.5, 0.6) is 0 Å². The average Bonchev–Trinajstić information content (AvgIpc) is 2.52. The first-order valence-electron chi connectivity index (χ1n) is 5.96. The Balaban J connectivity index is 2.08. The van der Waals surface area contributed by atoms with Crippen LogP contribution in [-0.2, 0) is 10.5 Å². The molecule has 0 radical (unpaired) electrons. The van der Waals surface area contributed by atoms with Crippen LogP contribution in [0.2, 0.25) is 0 Å². The van der Waals surface area contributed by atoms with Crippen molar-refractivity contribution in [3.05, 3.63) is 53.5 Å². The summed E-state index contributed by atoms with van der Waals surface area (Å²) in [7, 11) is 1.30. The summed E-state index contributed by atoms with van der Waals surface area (Å²) in [5.74, 6) is -1.01. The molecule has 2 aromatic rings. The van der Waals surface area contributed by atoms with Crippen molar-refractivity contribution in [2.24, 2.45) is 0 Å². The van der Waals surface area contributed by atoms with Crippen LogP contribution >= 0.6 is 11.8 Å². The zero-order chi connectivity index (χ0) is 15.2. The van der Waals surface area contributed by atoms with Crippen LogP contribution in [0.1, 0.15) is 26.5 Å². The van der Waals surface area contributed by atoms with Crippen molar-refractivity contribution in [2.45, 2.75) is 10.8 Å². The molecule has 21 heavy (non-hydrogen) atoms. The maximum absolute atomic E-state index is 11.4. The van der Waals surface area contributed by atoms with Gasteiger partial charge in [0.25, 0.3) is 0 Å². The van der Waals surface area contributed by atoms with E-state index in [1.54, 1.807) is 18.2 Å². The molecule has 7 heteroatoms. The van der Waals surface area contributed by atoms with Crippen molar-refractivity contribution >= 4 is 23.7 Å². The number of aromatic carboxylic acids is 1. The minimum atomic E-state index is -0.995. The van der Waals surface area contributed by atoms with E-state index in [1.165, 1.54) is 37.2 Å². The SMILES string of the molecule is COC(=O)c1cccc(CSc2cc(C(=O)O)ccn2)n1. The van der Waals surface area contributed by atoms with Gasteiger partial charge in [0.05, 0.1) is 23.4 Å². The largest absolute Gasteiger partial charge is 0.478 e. The highest BCUT2D eigenvalue weighted by molar-refractivity contribution is 7.98. The maximum atomic E-state index is 11.4. The molecule has 108 valence electrons. The molecule has 0 aliphatic heterocycles. The Hall–Kier alpha value is -2.41. The Kier molecular flexibility index (Phi) is 4.89.